The molecule has 1 saturated carbocycles. The zero-order valence-corrected chi connectivity index (χ0v) is 18.1. The normalized spacial score (nSPS) is 22.3. The van der Waals surface area contributed by atoms with Crippen molar-refractivity contribution in [1.82, 2.24) is 14.8 Å². The Labute approximate surface area is 180 Å². The monoisotopic (exact) mass is 421 g/mol. The molecule has 1 aromatic carbocycles. The number of hydrogen-bond acceptors (Lipinski definition) is 3. The molecule has 5 rings (SSSR count). The number of carbonyl (C=O) groups is 2. The SMILES string of the molecule is C[C@]1(C(=O)NC2CCCCC2)Cn2c(cc3ccccc32)C(=O)N1Cc1cccs1. The molecule has 3 heterocycles. The van der Waals surface area contributed by atoms with E-state index in [1.165, 1.54) is 6.42 Å². The Hall–Kier alpha value is -2.60. The van der Waals surface area contributed by atoms with Crippen molar-refractivity contribution in [3.63, 3.8) is 0 Å². The van der Waals surface area contributed by atoms with E-state index < -0.39 is 5.54 Å². The third-order valence-corrected chi connectivity index (χ3v) is 7.52. The molecule has 156 valence electrons. The van der Waals surface area contributed by atoms with E-state index >= 15 is 0 Å². The summed E-state index contributed by atoms with van der Waals surface area (Å²) in [4.78, 5) is 30.2. The van der Waals surface area contributed by atoms with E-state index in [0.717, 1.165) is 41.5 Å². The molecule has 5 nitrogen and oxygen atoms in total. The molecule has 1 N–H and O–H groups in total. The number of nitrogens with one attached hydrogen (secondary N) is 1. The van der Waals surface area contributed by atoms with Crippen LogP contribution in [0, 0.1) is 0 Å². The predicted octanol–water partition coefficient (Wildman–Crippen LogP) is 4.57. The molecular formula is C24H27N3O2S. The Morgan fingerprint density at radius 2 is 1.97 bits per heavy atom. The van der Waals surface area contributed by atoms with Gasteiger partial charge in [-0.3, -0.25) is 9.59 Å². The molecule has 1 fully saturated rings. The summed E-state index contributed by atoms with van der Waals surface area (Å²) >= 11 is 1.62. The average molecular weight is 422 g/mol. The van der Waals surface area contributed by atoms with Crippen LogP contribution in [0.4, 0.5) is 0 Å². The summed E-state index contributed by atoms with van der Waals surface area (Å²) in [5, 5.41) is 6.34. The number of amides is 2. The molecular weight excluding hydrogens is 394 g/mol. The van der Waals surface area contributed by atoms with Gasteiger partial charge in [-0.2, -0.15) is 0 Å². The third-order valence-electron chi connectivity index (χ3n) is 6.66. The van der Waals surface area contributed by atoms with E-state index in [4.69, 9.17) is 0 Å². The largest absolute Gasteiger partial charge is 0.351 e. The summed E-state index contributed by atoms with van der Waals surface area (Å²) in [6.45, 7) is 2.84. The van der Waals surface area contributed by atoms with Gasteiger partial charge >= 0.3 is 0 Å². The molecule has 1 atom stereocenters. The molecule has 3 aromatic rings. The van der Waals surface area contributed by atoms with Crippen LogP contribution < -0.4 is 5.32 Å². The number of thiophene rings is 1. The van der Waals surface area contributed by atoms with Gasteiger partial charge in [-0.15, -0.1) is 11.3 Å². The Morgan fingerprint density at radius 3 is 2.73 bits per heavy atom. The van der Waals surface area contributed by atoms with Crippen molar-refractivity contribution in [2.75, 3.05) is 0 Å². The fourth-order valence-electron chi connectivity index (χ4n) is 4.90. The highest BCUT2D eigenvalue weighted by Gasteiger charge is 2.48. The van der Waals surface area contributed by atoms with Crippen LogP contribution in [-0.4, -0.2) is 32.9 Å². The van der Waals surface area contributed by atoms with Gasteiger partial charge in [0.05, 0.1) is 13.1 Å². The summed E-state index contributed by atoms with van der Waals surface area (Å²) in [6.07, 6.45) is 5.61. The second-order valence-corrected chi connectivity index (χ2v) is 9.76. The lowest BCUT2D eigenvalue weighted by Crippen LogP contribution is -2.64. The van der Waals surface area contributed by atoms with E-state index in [0.29, 0.717) is 18.8 Å². The molecule has 1 aliphatic heterocycles. The number of fused-ring (bicyclic) bond motifs is 3. The quantitative estimate of drug-likeness (QED) is 0.671. The topological polar surface area (TPSA) is 54.3 Å². The van der Waals surface area contributed by atoms with Crippen molar-refractivity contribution in [3.8, 4) is 0 Å². The second kappa shape index (κ2) is 7.58. The van der Waals surface area contributed by atoms with Gasteiger partial charge in [0.1, 0.15) is 11.2 Å². The van der Waals surface area contributed by atoms with Crippen molar-refractivity contribution < 1.29 is 9.59 Å². The van der Waals surface area contributed by atoms with Crippen molar-refractivity contribution >= 4 is 34.1 Å². The summed E-state index contributed by atoms with van der Waals surface area (Å²) in [5.74, 6) is -0.116. The first-order valence-corrected chi connectivity index (χ1v) is 11.7. The lowest BCUT2D eigenvalue weighted by Gasteiger charge is -2.44. The summed E-state index contributed by atoms with van der Waals surface area (Å²) < 4.78 is 2.03. The van der Waals surface area contributed by atoms with Gasteiger partial charge in [-0.25, -0.2) is 0 Å². The lowest BCUT2D eigenvalue weighted by molar-refractivity contribution is -0.134. The zero-order valence-electron chi connectivity index (χ0n) is 17.3. The van der Waals surface area contributed by atoms with Crippen LogP contribution in [0.3, 0.4) is 0 Å². The van der Waals surface area contributed by atoms with E-state index in [-0.39, 0.29) is 17.9 Å². The average Bonchev–Trinajstić information content (AvgIpc) is 3.40. The molecule has 6 heteroatoms. The Balaban J connectivity index is 1.54. The van der Waals surface area contributed by atoms with E-state index in [9.17, 15) is 9.59 Å². The van der Waals surface area contributed by atoms with Gasteiger partial charge in [0.25, 0.3) is 5.91 Å². The Bertz CT molecular complexity index is 1080. The van der Waals surface area contributed by atoms with Crippen molar-refractivity contribution in [2.24, 2.45) is 0 Å². The number of hydrogen-bond donors (Lipinski definition) is 1. The van der Waals surface area contributed by atoms with E-state index in [1.807, 2.05) is 59.3 Å². The Kier molecular flexibility index (Phi) is 4.89. The molecule has 2 aromatic heterocycles. The van der Waals surface area contributed by atoms with Gasteiger partial charge in [-0.05, 0) is 43.3 Å². The molecule has 0 spiro atoms. The van der Waals surface area contributed by atoms with Gasteiger partial charge in [0, 0.05) is 21.8 Å². The van der Waals surface area contributed by atoms with Crippen LogP contribution in [0.25, 0.3) is 10.9 Å². The first-order valence-electron chi connectivity index (χ1n) is 10.8. The number of para-hydroxylation sites is 1. The van der Waals surface area contributed by atoms with Crippen LogP contribution in [0.1, 0.15) is 54.4 Å². The summed E-state index contributed by atoms with van der Waals surface area (Å²) in [7, 11) is 0. The van der Waals surface area contributed by atoms with Crippen LogP contribution in [-0.2, 0) is 17.9 Å². The minimum Gasteiger partial charge on any atom is -0.351 e. The van der Waals surface area contributed by atoms with Crippen LogP contribution in [0.15, 0.2) is 47.8 Å². The maximum Gasteiger partial charge on any atom is 0.271 e. The fourth-order valence-corrected chi connectivity index (χ4v) is 5.59. The highest BCUT2D eigenvalue weighted by Crippen LogP contribution is 2.34. The Morgan fingerprint density at radius 1 is 1.17 bits per heavy atom. The fraction of sp³-hybridized carbons (Fsp3) is 0.417. The molecule has 2 amide bonds. The zero-order chi connectivity index (χ0) is 20.7. The number of nitrogens with zero attached hydrogens (tertiary/aromatic N) is 2. The highest BCUT2D eigenvalue weighted by atomic mass is 32.1. The second-order valence-electron chi connectivity index (χ2n) is 8.73. The molecule has 2 aliphatic rings. The number of carbonyl (C=O) groups excluding carboxylic acids is 2. The number of aromatic nitrogens is 1. The number of rotatable bonds is 4. The van der Waals surface area contributed by atoms with Gasteiger partial charge in [-0.1, -0.05) is 43.5 Å². The highest BCUT2D eigenvalue weighted by molar-refractivity contribution is 7.09. The molecule has 1 aliphatic carbocycles. The first kappa shape index (κ1) is 19.4. The minimum atomic E-state index is -0.937. The van der Waals surface area contributed by atoms with Crippen LogP contribution in [0.2, 0.25) is 0 Å². The summed E-state index contributed by atoms with van der Waals surface area (Å²) in [6, 6.07) is 14.2. The number of benzene rings is 1. The molecule has 0 radical (unpaired) electrons. The third kappa shape index (κ3) is 3.23. The first-order chi connectivity index (χ1) is 14.6. The van der Waals surface area contributed by atoms with Gasteiger partial charge in [0.15, 0.2) is 0 Å². The van der Waals surface area contributed by atoms with Crippen LogP contribution in [0.5, 0.6) is 0 Å². The maximum absolute atomic E-state index is 13.7. The molecule has 0 saturated heterocycles. The predicted molar refractivity (Wildman–Crippen MR) is 120 cm³/mol. The van der Waals surface area contributed by atoms with Gasteiger partial charge < -0.3 is 14.8 Å². The van der Waals surface area contributed by atoms with E-state index in [1.54, 1.807) is 16.2 Å². The van der Waals surface area contributed by atoms with Crippen molar-refractivity contribution in [2.45, 2.75) is 63.7 Å². The lowest BCUT2D eigenvalue weighted by atomic mass is 9.91. The molecule has 30 heavy (non-hydrogen) atoms. The standard InChI is InChI=1S/C24H27N3O2S/c1-24(23(29)25-18-9-3-2-4-10-18)16-26-20-12-6-5-8-17(20)14-21(26)22(28)27(24)15-19-11-7-13-30-19/h5-8,11-14,18H,2-4,9-10,15-16H2,1H3,(H,25,29)/t24-/m1/s1. The smallest absolute Gasteiger partial charge is 0.271 e. The van der Waals surface area contributed by atoms with Crippen molar-refractivity contribution in [3.05, 3.63) is 58.4 Å². The van der Waals surface area contributed by atoms with E-state index in [2.05, 4.69) is 5.32 Å². The minimum absolute atomic E-state index is 0.0391. The summed E-state index contributed by atoms with van der Waals surface area (Å²) in [5.41, 5.74) is 0.733. The maximum atomic E-state index is 13.7. The molecule has 0 bridgehead atoms. The molecule has 0 unspecified atom stereocenters. The van der Waals surface area contributed by atoms with Crippen LogP contribution >= 0.6 is 11.3 Å². The van der Waals surface area contributed by atoms with Gasteiger partial charge in [0.2, 0.25) is 5.91 Å². The van der Waals surface area contributed by atoms with Crippen molar-refractivity contribution in [1.29, 1.82) is 0 Å².